The molecule has 2 aliphatic rings. The van der Waals surface area contributed by atoms with Crippen molar-refractivity contribution in [1.29, 1.82) is 0 Å². The Bertz CT molecular complexity index is 582. The molecule has 146 valence electrons. The van der Waals surface area contributed by atoms with Gasteiger partial charge in [-0.2, -0.15) is 0 Å². The standard InChI is InChI=1S/C20H32N2O4/c1-5-6-7-8-9-10-16(23)13-15-11-12-17-18(19(24)25-3)14(2)21-20(26-4)22(15)17/h15,17H,5-13H2,1-4H3/t15-,17-/m0/s1. The number of rotatable bonds is 9. The van der Waals surface area contributed by atoms with Crippen molar-refractivity contribution in [2.75, 3.05) is 14.2 Å². The number of carbonyl (C=O) groups is 2. The number of ether oxygens (including phenoxy) is 2. The first kappa shape index (κ1) is 20.5. The summed E-state index contributed by atoms with van der Waals surface area (Å²) in [4.78, 5) is 31.1. The molecule has 0 aromatic carbocycles. The van der Waals surface area contributed by atoms with E-state index in [4.69, 9.17) is 9.47 Å². The molecule has 2 atom stereocenters. The first-order valence-corrected chi connectivity index (χ1v) is 9.75. The molecular weight excluding hydrogens is 332 g/mol. The van der Waals surface area contributed by atoms with Crippen LogP contribution in [0.4, 0.5) is 0 Å². The lowest BCUT2D eigenvalue weighted by molar-refractivity contribution is -0.136. The van der Waals surface area contributed by atoms with E-state index in [0.717, 1.165) is 25.7 Å². The molecule has 0 amide bonds. The van der Waals surface area contributed by atoms with Crippen LogP contribution in [0.3, 0.4) is 0 Å². The molecule has 0 unspecified atom stereocenters. The minimum absolute atomic E-state index is 0.0367. The van der Waals surface area contributed by atoms with Gasteiger partial charge in [0.2, 0.25) is 0 Å². The molecule has 26 heavy (non-hydrogen) atoms. The van der Waals surface area contributed by atoms with Crippen LogP contribution in [-0.2, 0) is 19.1 Å². The third kappa shape index (κ3) is 4.65. The van der Waals surface area contributed by atoms with Crippen molar-refractivity contribution in [3.8, 4) is 0 Å². The highest BCUT2D eigenvalue weighted by molar-refractivity contribution is 5.94. The van der Waals surface area contributed by atoms with Gasteiger partial charge in [0.05, 0.1) is 31.5 Å². The summed E-state index contributed by atoms with van der Waals surface area (Å²) in [5, 5.41) is 0. The van der Waals surface area contributed by atoms with E-state index >= 15 is 0 Å². The smallest absolute Gasteiger partial charge is 0.337 e. The van der Waals surface area contributed by atoms with Crippen LogP contribution in [0.25, 0.3) is 0 Å². The number of esters is 1. The number of methoxy groups -OCH3 is 2. The van der Waals surface area contributed by atoms with Gasteiger partial charge in [0.1, 0.15) is 5.78 Å². The molecular formula is C20H32N2O4. The average molecular weight is 364 g/mol. The Morgan fingerprint density at radius 3 is 2.54 bits per heavy atom. The normalized spacial score (nSPS) is 22.2. The Labute approximate surface area is 156 Å². The number of ketones is 1. The van der Waals surface area contributed by atoms with Crippen molar-refractivity contribution in [3.05, 3.63) is 11.3 Å². The van der Waals surface area contributed by atoms with E-state index in [9.17, 15) is 9.59 Å². The third-order valence-electron chi connectivity index (χ3n) is 5.32. The van der Waals surface area contributed by atoms with Crippen LogP contribution < -0.4 is 0 Å². The fourth-order valence-electron chi connectivity index (χ4n) is 3.99. The molecule has 0 aromatic heterocycles. The van der Waals surface area contributed by atoms with Crippen molar-refractivity contribution in [2.24, 2.45) is 4.99 Å². The highest BCUT2D eigenvalue weighted by Crippen LogP contribution is 2.36. The molecule has 0 aliphatic carbocycles. The van der Waals surface area contributed by atoms with Gasteiger partial charge in [0.15, 0.2) is 0 Å². The second kappa shape index (κ2) is 9.74. The maximum Gasteiger partial charge on any atom is 0.337 e. The maximum atomic E-state index is 12.4. The molecule has 0 bridgehead atoms. The quantitative estimate of drug-likeness (QED) is 0.462. The number of amidine groups is 1. The molecule has 0 saturated carbocycles. The second-order valence-electron chi connectivity index (χ2n) is 7.15. The van der Waals surface area contributed by atoms with Crippen molar-refractivity contribution in [1.82, 2.24) is 4.90 Å². The highest BCUT2D eigenvalue weighted by Gasteiger charge is 2.44. The van der Waals surface area contributed by atoms with Crippen LogP contribution >= 0.6 is 0 Å². The second-order valence-corrected chi connectivity index (χ2v) is 7.15. The summed E-state index contributed by atoms with van der Waals surface area (Å²) in [5.74, 6) is -0.0622. The van der Waals surface area contributed by atoms with Crippen LogP contribution in [0.5, 0.6) is 0 Å². The SMILES string of the molecule is CCCCCCCC(=O)C[C@@H]1CC[C@H]2C(C(=O)OC)=C(C)N=C(OC)N12. The summed E-state index contributed by atoms with van der Waals surface area (Å²) in [6.07, 6.45) is 8.51. The van der Waals surface area contributed by atoms with Crippen LogP contribution in [0, 0.1) is 0 Å². The number of fused-ring (bicyclic) bond motifs is 1. The van der Waals surface area contributed by atoms with Crippen molar-refractivity contribution >= 4 is 17.8 Å². The number of nitrogens with zero attached hydrogens (tertiary/aromatic N) is 2. The molecule has 0 spiro atoms. The average Bonchev–Trinajstić information content (AvgIpc) is 3.03. The summed E-state index contributed by atoms with van der Waals surface area (Å²) in [5.41, 5.74) is 1.22. The van der Waals surface area contributed by atoms with Crippen LogP contribution in [-0.4, -0.2) is 49.0 Å². The monoisotopic (exact) mass is 364 g/mol. The van der Waals surface area contributed by atoms with E-state index in [-0.39, 0.29) is 23.8 Å². The van der Waals surface area contributed by atoms with Gasteiger partial charge >= 0.3 is 5.97 Å². The minimum Gasteiger partial charge on any atom is -0.468 e. The first-order chi connectivity index (χ1) is 12.5. The zero-order chi connectivity index (χ0) is 19.1. The van der Waals surface area contributed by atoms with Gasteiger partial charge in [-0.15, -0.1) is 0 Å². The molecule has 6 nitrogen and oxygen atoms in total. The summed E-state index contributed by atoms with van der Waals surface area (Å²) in [7, 11) is 2.97. The van der Waals surface area contributed by atoms with Gasteiger partial charge in [0.25, 0.3) is 6.02 Å². The Balaban J connectivity index is 2.00. The van der Waals surface area contributed by atoms with E-state index in [1.807, 2.05) is 4.90 Å². The summed E-state index contributed by atoms with van der Waals surface area (Å²) < 4.78 is 10.4. The molecule has 1 saturated heterocycles. The molecule has 6 heteroatoms. The lowest BCUT2D eigenvalue weighted by Gasteiger charge is -2.35. The predicted molar refractivity (Wildman–Crippen MR) is 101 cm³/mol. The van der Waals surface area contributed by atoms with Crippen LogP contribution in [0.2, 0.25) is 0 Å². The zero-order valence-corrected chi connectivity index (χ0v) is 16.5. The Hall–Kier alpha value is -1.85. The van der Waals surface area contributed by atoms with Gasteiger partial charge in [-0.1, -0.05) is 32.6 Å². The number of allylic oxidation sites excluding steroid dienone is 1. The lowest BCUT2D eigenvalue weighted by atomic mass is 10.0. The van der Waals surface area contributed by atoms with E-state index in [1.54, 1.807) is 14.0 Å². The van der Waals surface area contributed by atoms with Gasteiger partial charge in [-0.05, 0) is 26.2 Å². The number of carbonyl (C=O) groups excluding carboxylic acids is 2. The van der Waals surface area contributed by atoms with E-state index in [2.05, 4.69) is 11.9 Å². The minimum atomic E-state index is -0.348. The molecule has 2 heterocycles. The number of hydrogen-bond acceptors (Lipinski definition) is 6. The summed E-state index contributed by atoms with van der Waals surface area (Å²) in [6, 6.07) is 0.422. The van der Waals surface area contributed by atoms with E-state index in [0.29, 0.717) is 30.1 Å². The highest BCUT2D eigenvalue weighted by atomic mass is 16.5. The lowest BCUT2D eigenvalue weighted by Crippen LogP contribution is -2.47. The van der Waals surface area contributed by atoms with Gasteiger partial charge in [-0.25, -0.2) is 9.79 Å². The third-order valence-corrected chi connectivity index (χ3v) is 5.32. The summed E-state index contributed by atoms with van der Waals surface area (Å²) in [6.45, 7) is 3.99. The van der Waals surface area contributed by atoms with Gasteiger partial charge in [-0.3, -0.25) is 4.79 Å². The van der Waals surface area contributed by atoms with Crippen molar-refractivity contribution in [2.45, 2.75) is 83.7 Å². The number of Topliss-reactive ketones (excluding diaryl/α,β-unsaturated/α-hetero) is 1. The van der Waals surface area contributed by atoms with Crippen molar-refractivity contribution < 1.29 is 19.1 Å². The molecule has 2 rings (SSSR count). The maximum absolute atomic E-state index is 12.4. The first-order valence-electron chi connectivity index (χ1n) is 9.75. The van der Waals surface area contributed by atoms with Crippen molar-refractivity contribution in [3.63, 3.8) is 0 Å². The fraction of sp³-hybridized carbons (Fsp3) is 0.750. The van der Waals surface area contributed by atoms with Gasteiger partial charge < -0.3 is 14.4 Å². The molecule has 0 aromatic rings. The Kier molecular flexibility index (Phi) is 7.66. The Morgan fingerprint density at radius 1 is 1.15 bits per heavy atom. The summed E-state index contributed by atoms with van der Waals surface area (Å²) >= 11 is 0. The van der Waals surface area contributed by atoms with Gasteiger partial charge in [0, 0.05) is 18.9 Å². The molecule has 2 aliphatic heterocycles. The number of aliphatic imine (C=N–C) groups is 1. The Morgan fingerprint density at radius 2 is 1.88 bits per heavy atom. The van der Waals surface area contributed by atoms with E-state index in [1.165, 1.54) is 26.4 Å². The topological polar surface area (TPSA) is 68.2 Å². The zero-order valence-electron chi connectivity index (χ0n) is 16.5. The largest absolute Gasteiger partial charge is 0.468 e. The number of unbranched alkanes of at least 4 members (excludes halogenated alkanes) is 4. The van der Waals surface area contributed by atoms with E-state index < -0.39 is 0 Å². The molecule has 0 N–H and O–H groups in total. The molecule has 0 radical (unpaired) electrons. The number of hydrogen-bond donors (Lipinski definition) is 0. The van der Waals surface area contributed by atoms with Crippen LogP contribution in [0.15, 0.2) is 16.3 Å². The van der Waals surface area contributed by atoms with Crippen LogP contribution in [0.1, 0.15) is 71.6 Å². The molecule has 1 fully saturated rings. The predicted octanol–water partition coefficient (Wildman–Crippen LogP) is 3.60. The fourth-order valence-corrected chi connectivity index (χ4v) is 3.99.